The quantitative estimate of drug-likeness (QED) is 0.933. The van der Waals surface area contributed by atoms with Crippen LogP contribution in [0.15, 0.2) is 47.3 Å². The Bertz CT molecular complexity index is 445. The van der Waals surface area contributed by atoms with Gasteiger partial charge < -0.3 is 5.32 Å². The lowest BCUT2D eigenvalue weighted by Crippen LogP contribution is -2.13. The molecule has 0 saturated heterocycles. The molecule has 4 heteroatoms. The number of hydrogen-bond acceptors (Lipinski definition) is 3. The topological polar surface area (TPSA) is 37.8 Å². The van der Waals surface area contributed by atoms with Gasteiger partial charge in [-0.25, -0.2) is 0 Å². The van der Waals surface area contributed by atoms with Crippen molar-refractivity contribution in [1.29, 1.82) is 0 Å². The lowest BCUT2D eigenvalue weighted by molar-refractivity contribution is 0.677. The average Bonchev–Trinajstić information content (AvgIpc) is 2.30. The van der Waals surface area contributed by atoms with E-state index in [1.165, 1.54) is 0 Å². The Hall–Kier alpha value is -1.26. The summed E-state index contributed by atoms with van der Waals surface area (Å²) in [5, 5.41) is 3.32. The summed E-state index contributed by atoms with van der Waals surface area (Å²) in [7, 11) is 0. The van der Waals surface area contributed by atoms with Crippen LogP contribution < -0.4 is 5.32 Å². The fourth-order valence-electron chi connectivity index (χ4n) is 1.39. The van der Waals surface area contributed by atoms with E-state index in [1.54, 1.807) is 12.4 Å². The van der Waals surface area contributed by atoms with Crippen LogP contribution in [0.3, 0.4) is 0 Å². The van der Waals surface area contributed by atoms with E-state index in [2.05, 4.69) is 37.3 Å². The van der Waals surface area contributed by atoms with E-state index in [9.17, 15) is 0 Å². The molecule has 2 aromatic heterocycles. The third kappa shape index (κ3) is 3.40. The van der Waals surface area contributed by atoms with Crippen LogP contribution in [0.1, 0.15) is 11.3 Å². The van der Waals surface area contributed by atoms with Crippen molar-refractivity contribution in [3.05, 3.63) is 58.6 Å². The number of nitrogens with one attached hydrogen (secondary N) is 1. The summed E-state index contributed by atoms with van der Waals surface area (Å²) in [4.78, 5) is 8.35. The highest BCUT2D eigenvalue weighted by molar-refractivity contribution is 9.10. The highest BCUT2D eigenvalue weighted by atomic mass is 79.9. The minimum Gasteiger partial charge on any atom is -0.307 e. The first-order valence-electron chi connectivity index (χ1n) is 5.04. The standard InChI is InChI=1S/C12H12BrN3/c13-11-5-10(6-14-8-11)7-15-9-12-3-1-2-4-16-12/h1-6,8,15H,7,9H2. The van der Waals surface area contributed by atoms with Crippen LogP contribution in [0, 0.1) is 0 Å². The van der Waals surface area contributed by atoms with Crippen molar-refractivity contribution < 1.29 is 0 Å². The van der Waals surface area contributed by atoms with Crippen LogP contribution in [0.25, 0.3) is 0 Å². The summed E-state index contributed by atoms with van der Waals surface area (Å²) in [6.45, 7) is 1.57. The maximum atomic E-state index is 4.24. The van der Waals surface area contributed by atoms with E-state index < -0.39 is 0 Å². The molecule has 0 aliphatic heterocycles. The Balaban J connectivity index is 1.85. The lowest BCUT2D eigenvalue weighted by Gasteiger charge is -2.04. The number of nitrogens with zero attached hydrogens (tertiary/aromatic N) is 2. The summed E-state index contributed by atoms with van der Waals surface area (Å²) < 4.78 is 1.00. The highest BCUT2D eigenvalue weighted by Gasteiger charge is 1.95. The summed E-state index contributed by atoms with van der Waals surface area (Å²) >= 11 is 3.40. The molecule has 0 aromatic carbocycles. The first-order valence-corrected chi connectivity index (χ1v) is 5.84. The Kier molecular flexibility index (Phi) is 4.02. The predicted molar refractivity (Wildman–Crippen MR) is 66.7 cm³/mol. The molecule has 0 amide bonds. The molecule has 2 rings (SSSR count). The zero-order chi connectivity index (χ0) is 11.2. The number of pyridine rings is 2. The molecule has 0 saturated carbocycles. The molecular formula is C12H12BrN3. The van der Waals surface area contributed by atoms with Gasteiger partial charge in [-0.2, -0.15) is 0 Å². The first-order chi connectivity index (χ1) is 7.84. The second kappa shape index (κ2) is 5.72. The van der Waals surface area contributed by atoms with Gasteiger partial charge in [-0.05, 0) is 39.7 Å². The molecule has 2 heterocycles. The van der Waals surface area contributed by atoms with Crippen LogP contribution in [0.4, 0.5) is 0 Å². The predicted octanol–water partition coefficient (Wildman–Crippen LogP) is 2.53. The van der Waals surface area contributed by atoms with Gasteiger partial charge in [0.05, 0.1) is 5.69 Å². The SMILES string of the molecule is Brc1cncc(CNCc2ccccn2)c1. The minimum atomic E-state index is 0.771. The number of aromatic nitrogens is 2. The Morgan fingerprint density at radius 1 is 1.19 bits per heavy atom. The molecular weight excluding hydrogens is 266 g/mol. The van der Waals surface area contributed by atoms with Crippen molar-refractivity contribution in [1.82, 2.24) is 15.3 Å². The second-order valence-electron chi connectivity index (χ2n) is 3.44. The average molecular weight is 278 g/mol. The molecule has 0 radical (unpaired) electrons. The lowest BCUT2D eigenvalue weighted by atomic mass is 10.3. The smallest absolute Gasteiger partial charge is 0.0541 e. The largest absolute Gasteiger partial charge is 0.307 e. The van der Waals surface area contributed by atoms with Crippen LogP contribution in [-0.4, -0.2) is 9.97 Å². The monoisotopic (exact) mass is 277 g/mol. The summed E-state index contributed by atoms with van der Waals surface area (Å²) in [5.41, 5.74) is 2.20. The molecule has 2 aromatic rings. The third-order valence-corrected chi connectivity index (χ3v) is 2.56. The fourth-order valence-corrected chi connectivity index (χ4v) is 1.80. The highest BCUT2D eigenvalue weighted by Crippen LogP contribution is 2.09. The molecule has 3 nitrogen and oxygen atoms in total. The van der Waals surface area contributed by atoms with Gasteiger partial charge >= 0.3 is 0 Å². The Morgan fingerprint density at radius 3 is 2.88 bits per heavy atom. The van der Waals surface area contributed by atoms with Crippen LogP contribution in [0.2, 0.25) is 0 Å². The van der Waals surface area contributed by atoms with Crippen LogP contribution in [-0.2, 0) is 13.1 Å². The molecule has 0 unspecified atom stereocenters. The van der Waals surface area contributed by atoms with Gasteiger partial charge in [0, 0.05) is 36.2 Å². The van der Waals surface area contributed by atoms with Crippen molar-refractivity contribution in [2.24, 2.45) is 0 Å². The maximum absolute atomic E-state index is 4.24. The fraction of sp³-hybridized carbons (Fsp3) is 0.167. The summed E-state index contributed by atoms with van der Waals surface area (Å²) in [6.07, 6.45) is 5.44. The molecule has 0 fully saturated rings. The number of halogens is 1. The Morgan fingerprint density at radius 2 is 2.12 bits per heavy atom. The van der Waals surface area contributed by atoms with Crippen molar-refractivity contribution in [2.45, 2.75) is 13.1 Å². The summed E-state index contributed by atoms with van der Waals surface area (Å²) in [5.74, 6) is 0. The van der Waals surface area contributed by atoms with Crippen molar-refractivity contribution in [2.75, 3.05) is 0 Å². The van der Waals surface area contributed by atoms with Crippen LogP contribution in [0.5, 0.6) is 0 Å². The maximum Gasteiger partial charge on any atom is 0.0541 e. The Labute approximate surface area is 103 Å². The number of hydrogen-bond donors (Lipinski definition) is 1. The van der Waals surface area contributed by atoms with Crippen molar-refractivity contribution >= 4 is 15.9 Å². The van der Waals surface area contributed by atoms with E-state index in [4.69, 9.17) is 0 Å². The van der Waals surface area contributed by atoms with E-state index in [0.29, 0.717) is 0 Å². The van der Waals surface area contributed by atoms with Gasteiger partial charge in [0.25, 0.3) is 0 Å². The molecule has 16 heavy (non-hydrogen) atoms. The molecule has 0 atom stereocenters. The molecule has 82 valence electrons. The zero-order valence-electron chi connectivity index (χ0n) is 8.73. The second-order valence-corrected chi connectivity index (χ2v) is 4.35. The van der Waals surface area contributed by atoms with Crippen molar-refractivity contribution in [3.8, 4) is 0 Å². The van der Waals surface area contributed by atoms with Gasteiger partial charge in [-0.15, -0.1) is 0 Å². The summed E-state index contributed by atoms with van der Waals surface area (Å²) in [6, 6.07) is 7.97. The van der Waals surface area contributed by atoms with E-state index >= 15 is 0 Å². The molecule has 0 bridgehead atoms. The molecule has 0 spiro atoms. The zero-order valence-corrected chi connectivity index (χ0v) is 10.3. The van der Waals surface area contributed by atoms with E-state index in [1.807, 2.05) is 24.4 Å². The first kappa shape index (κ1) is 11.2. The van der Waals surface area contributed by atoms with E-state index in [-0.39, 0.29) is 0 Å². The normalized spacial score (nSPS) is 10.3. The van der Waals surface area contributed by atoms with Gasteiger partial charge in [0.2, 0.25) is 0 Å². The minimum absolute atomic E-state index is 0.771. The third-order valence-electron chi connectivity index (χ3n) is 2.12. The van der Waals surface area contributed by atoms with E-state index in [0.717, 1.165) is 28.8 Å². The molecule has 0 aliphatic carbocycles. The van der Waals surface area contributed by atoms with Gasteiger partial charge in [-0.3, -0.25) is 9.97 Å². The van der Waals surface area contributed by atoms with Gasteiger partial charge in [0.1, 0.15) is 0 Å². The molecule has 1 N–H and O–H groups in total. The molecule has 0 aliphatic rings. The van der Waals surface area contributed by atoms with Crippen molar-refractivity contribution in [3.63, 3.8) is 0 Å². The van der Waals surface area contributed by atoms with Gasteiger partial charge in [0.15, 0.2) is 0 Å². The van der Waals surface area contributed by atoms with Crippen LogP contribution >= 0.6 is 15.9 Å². The number of rotatable bonds is 4. The van der Waals surface area contributed by atoms with Gasteiger partial charge in [-0.1, -0.05) is 6.07 Å².